The van der Waals surface area contributed by atoms with Gasteiger partial charge in [0.05, 0.1) is 0 Å². The van der Waals surface area contributed by atoms with E-state index in [1.165, 1.54) is 0 Å². The van der Waals surface area contributed by atoms with E-state index in [0.717, 1.165) is 0 Å². The van der Waals surface area contributed by atoms with Crippen LogP contribution in [0.15, 0.2) is 36.4 Å². The van der Waals surface area contributed by atoms with Crippen molar-refractivity contribution in [1.29, 1.82) is 5.41 Å². The molecule has 1 heterocycles. The van der Waals surface area contributed by atoms with Crippen LogP contribution in [0.5, 0.6) is 11.5 Å². The molecule has 0 fully saturated rings. The fourth-order valence-corrected chi connectivity index (χ4v) is 3.04. The third kappa shape index (κ3) is 8.45. The van der Waals surface area contributed by atoms with E-state index in [1.54, 1.807) is 18.2 Å². The van der Waals surface area contributed by atoms with Gasteiger partial charge < -0.3 is 34.8 Å². The number of benzene rings is 1. The quantitative estimate of drug-likeness (QED) is 0.270. The second-order valence-corrected chi connectivity index (χ2v) is 7.35. The lowest BCUT2D eigenvalue weighted by Crippen LogP contribution is -2.20. The molecule has 0 spiro atoms. The summed E-state index contributed by atoms with van der Waals surface area (Å²) >= 11 is 0. The molecule has 0 aliphatic carbocycles. The van der Waals surface area contributed by atoms with Crippen LogP contribution in [0.4, 0.5) is 0 Å². The van der Waals surface area contributed by atoms with Gasteiger partial charge >= 0.3 is 5.97 Å². The summed E-state index contributed by atoms with van der Waals surface area (Å²) in [5, 5.41) is 8.37. The van der Waals surface area contributed by atoms with Crippen LogP contribution in [-0.2, 0) is 20.6 Å². The highest BCUT2D eigenvalue weighted by atomic mass is 16.7. The molecule has 8 nitrogen and oxygen atoms in total. The molecular weight excluding hydrogens is 412 g/mol. The lowest BCUT2D eigenvalue weighted by atomic mass is 9.99. The summed E-state index contributed by atoms with van der Waals surface area (Å²) in [5.74, 6) is 0.218. The van der Waals surface area contributed by atoms with Crippen LogP contribution >= 0.6 is 0 Å². The Kier molecular flexibility index (Phi) is 10.9. The van der Waals surface area contributed by atoms with Crippen molar-refractivity contribution in [2.75, 3.05) is 26.8 Å². The molecule has 3 N–H and O–H groups in total. The monoisotopic (exact) mass is 446 g/mol. The molecule has 0 aromatic heterocycles. The number of carbonyl (C=O) groups is 1. The molecule has 32 heavy (non-hydrogen) atoms. The van der Waals surface area contributed by atoms with Crippen molar-refractivity contribution in [3.63, 3.8) is 0 Å². The van der Waals surface area contributed by atoms with Crippen LogP contribution in [0.1, 0.15) is 49.5 Å². The molecular formula is C24H34N2O6. The van der Waals surface area contributed by atoms with Crippen molar-refractivity contribution < 1.29 is 28.5 Å². The summed E-state index contributed by atoms with van der Waals surface area (Å²) in [6.45, 7) is 6.55. The molecule has 8 heteroatoms. The van der Waals surface area contributed by atoms with Crippen molar-refractivity contribution in [3.05, 3.63) is 47.6 Å². The van der Waals surface area contributed by atoms with Gasteiger partial charge in [-0.1, -0.05) is 18.2 Å². The summed E-state index contributed by atoms with van der Waals surface area (Å²) in [7, 11) is 0. The van der Waals surface area contributed by atoms with Crippen LogP contribution < -0.4 is 15.2 Å². The first-order valence-electron chi connectivity index (χ1n) is 10.9. The van der Waals surface area contributed by atoms with E-state index in [-0.39, 0.29) is 43.5 Å². The summed E-state index contributed by atoms with van der Waals surface area (Å²) < 4.78 is 27.7. The molecule has 2 unspecified atom stereocenters. The Balaban J connectivity index is 2.46. The van der Waals surface area contributed by atoms with Crippen molar-refractivity contribution in [2.45, 2.75) is 52.2 Å². The number of esters is 1. The zero-order valence-electron chi connectivity index (χ0n) is 19.1. The predicted molar refractivity (Wildman–Crippen MR) is 122 cm³/mol. The maximum absolute atomic E-state index is 13.1. The first kappa shape index (κ1) is 25.6. The summed E-state index contributed by atoms with van der Waals surface area (Å²) in [6, 6.07) is 3.17. The average molecular weight is 447 g/mol. The number of hydrogen-bond acceptors (Lipinski definition) is 8. The van der Waals surface area contributed by atoms with E-state index in [2.05, 4.69) is 0 Å². The van der Waals surface area contributed by atoms with Crippen molar-refractivity contribution in [1.82, 2.24) is 0 Å². The van der Waals surface area contributed by atoms with Crippen molar-refractivity contribution >= 4 is 11.7 Å². The Hall–Kier alpha value is -2.68. The molecule has 1 aromatic carbocycles. The topological polar surface area (TPSA) is 113 Å². The van der Waals surface area contributed by atoms with Gasteiger partial charge in [-0.15, -0.1) is 0 Å². The number of allylic oxidation sites excluding steroid dienone is 1. The minimum Gasteiger partial charge on any atom is -0.467 e. The highest BCUT2D eigenvalue weighted by molar-refractivity contribution is 5.99. The molecule has 1 aliphatic heterocycles. The lowest BCUT2D eigenvalue weighted by molar-refractivity contribution is 0.0161. The number of fused-ring (bicyclic) bond motifs is 1. The average Bonchev–Trinajstić information content (AvgIpc) is 2.73. The fraction of sp³-hybridized carbons (Fsp3) is 0.500. The fourth-order valence-electron chi connectivity index (χ4n) is 3.04. The molecule has 176 valence electrons. The van der Waals surface area contributed by atoms with Gasteiger partial charge in [0.25, 0.3) is 0 Å². The number of rotatable bonds is 8. The molecule has 0 radical (unpaired) electrons. The summed E-state index contributed by atoms with van der Waals surface area (Å²) in [6.07, 6.45) is 8.35. The molecule has 2 atom stereocenters. The molecule has 0 amide bonds. The zero-order chi connectivity index (χ0) is 23.3. The highest BCUT2D eigenvalue weighted by Crippen LogP contribution is 2.31. The summed E-state index contributed by atoms with van der Waals surface area (Å²) in [5.41, 5.74) is 7.20. The minimum absolute atomic E-state index is 0.0291. The van der Waals surface area contributed by atoms with E-state index in [9.17, 15) is 4.79 Å². The van der Waals surface area contributed by atoms with Crippen LogP contribution in [-0.4, -0.2) is 50.6 Å². The van der Waals surface area contributed by atoms with Gasteiger partial charge in [0.2, 0.25) is 0 Å². The number of nitrogens with one attached hydrogen (secondary N) is 1. The lowest BCUT2D eigenvalue weighted by Gasteiger charge is -2.19. The SMILES string of the molecule is CCOCOc1cc2c(c(OCOCC)c1)C(=O)OC(C)CC=CC(N)CC=CC(=N)C2. The number of carbonyl (C=O) groups excluding carboxylic acids is 1. The molecule has 1 aromatic rings. The number of hydrogen-bond donors (Lipinski definition) is 2. The predicted octanol–water partition coefficient (Wildman–Crippen LogP) is 3.77. The van der Waals surface area contributed by atoms with Crippen molar-refractivity contribution in [2.24, 2.45) is 5.73 Å². The standard InChI is InChI=1S/C24H34N2O6/c1-4-28-15-30-21-13-18-12-20(26)11-7-10-19(25)9-6-8-17(3)32-24(27)23(18)22(14-21)31-16-29-5-2/h6-7,9,11,13-14,17,19,26H,4-5,8,10,12,15-16,25H2,1-3H3. The van der Waals surface area contributed by atoms with E-state index >= 15 is 0 Å². The second-order valence-electron chi connectivity index (χ2n) is 7.35. The number of cyclic esters (lactones) is 1. The number of ether oxygens (including phenoxy) is 5. The molecule has 0 bridgehead atoms. The van der Waals surface area contributed by atoms with E-state index in [1.807, 2.05) is 39.0 Å². The van der Waals surface area contributed by atoms with Crippen molar-refractivity contribution in [3.8, 4) is 11.5 Å². The number of nitrogens with two attached hydrogens (primary N) is 1. The Bertz CT molecular complexity index is 821. The van der Waals surface area contributed by atoms with E-state index in [0.29, 0.717) is 43.1 Å². The van der Waals surface area contributed by atoms with Gasteiger partial charge in [0.1, 0.15) is 23.2 Å². The van der Waals surface area contributed by atoms with Gasteiger partial charge in [-0.2, -0.15) is 0 Å². The van der Waals surface area contributed by atoms with Crippen LogP contribution in [0.3, 0.4) is 0 Å². The normalized spacial score (nSPS) is 19.8. The van der Waals surface area contributed by atoms with Gasteiger partial charge in [-0.25, -0.2) is 4.79 Å². The second kappa shape index (κ2) is 13.7. The molecule has 0 saturated heterocycles. The van der Waals surface area contributed by atoms with Crippen LogP contribution in [0.25, 0.3) is 0 Å². The Morgan fingerprint density at radius 1 is 1.09 bits per heavy atom. The van der Waals surface area contributed by atoms with E-state index in [4.69, 9.17) is 34.8 Å². The highest BCUT2D eigenvalue weighted by Gasteiger charge is 2.24. The maximum Gasteiger partial charge on any atom is 0.342 e. The first-order chi connectivity index (χ1) is 15.4. The van der Waals surface area contributed by atoms with E-state index < -0.39 is 5.97 Å². The Morgan fingerprint density at radius 3 is 2.53 bits per heavy atom. The van der Waals surface area contributed by atoms with Crippen LogP contribution in [0.2, 0.25) is 0 Å². The van der Waals surface area contributed by atoms with Gasteiger partial charge in [-0.3, -0.25) is 0 Å². The molecule has 0 saturated carbocycles. The molecule has 2 rings (SSSR count). The Labute approximate surface area is 189 Å². The van der Waals surface area contributed by atoms with Crippen LogP contribution in [0, 0.1) is 5.41 Å². The third-order valence-electron chi connectivity index (χ3n) is 4.64. The Morgan fingerprint density at radius 2 is 1.81 bits per heavy atom. The third-order valence-corrected chi connectivity index (χ3v) is 4.64. The first-order valence-corrected chi connectivity index (χ1v) is 10.9. The van der Waals surface area contributed by atoms with Gasteiger partial charge in [0.15, 0.2) is 13.6 Å². The maximum atomic E-state index is 13.1. The summed E-state index contributed by atoms with van der Waals surface area (Å²) in [4.78, 5) is 13.1. The minimum atomic E-state index is -0.526. The smallest absolute Gasteiger partial charge is 0.342 e. The van der Waals surface area contributed by atoms with Gasteiger partial charge in [0, 0.05) is 43.9 Å². The zero-order valence-corrected chi connectivity index (χ0v) is 19.1. The largest absolute Gasteiger partial charge is 0.467 e. The molecule has 1 aliphatic rings. The van der Waals surface area contributed by atoms with Gasteiger partial charge in [-0.05, 0) is 44.9 Å².